The number of rotatable bonds is 12. The molecule has 0 atom stereocenters. The molecule has 7 heteroatoms. The predicted molar refractivity (Wildman–Crippen MR) is 114 cm³/mol. The maximum absolute atomic E-state index is 12.5. The zero-order chi connectivity index (χ0) is 21.1. The van der Waals surface area contributed by atoms with Gasteiger partial charge in [-0.2, -0.15) is 0 Å². The van der Waals surface area contributed by atoms with Crippen molar-refractivity contribution in [3.05, 3.63) is 60.2 Å². The van der Waals surface area contributed by atoms with Gasteiger partial charge >= 0.3 is 7.60 Å². The number of hydroxylamine groups is 2. The summed E-state index contributed by atoms with van der Waals surface area (Å²) in [5.41, 5.74) is 3.18. The van der Waals surface area contributed by atoms with Gasteiger partial charge in [-0.25, -0.2) is 5.06 Å². The molecule has 29 heavy (non-hydrogen) atoms. The van der Waals surface area contributed by atoms with Crippen LogP contribution in [0.1, 0.15) is 32.8 Å². The highest BCUT2D eigenvalue weighted by molar-refractivity contribution is 7.53. The van der Waals surface area contributed by atoms with Crippen LogP contribution in [-0.2, 0) is 29.9 Å². The van der Waals surface area contributed by atoms with Crippen LogP contribution in [0.4, 0.5) is 0 Å². The van der Waals surface area contributed by atoms with E-state index in [2.05, 4.69) is 12.1 Å². The minimum atomic E-state index is -3.12. The maximum atomic E-state index is 12.5. The van der Waals surface area contributed by atoms with Crippen molar-refractivity contribution in [3.8, 4) is 11.1 Å². The molecule has 2 rings (SSSR count). The summed E-state index contributed by atoms with van der Waals surface area (Å²) in [4.78, 5) is 17.7. The maximum Gasteiger partial charge on any atom is 0.330 e. The van der Waals surface area contributed by atoms with Crippen LogP contribution in [-0.4, -0.2) is 36.9 Å². The van der Waals surface area contributed by atoms with Crippen molar-refractivity contribution >= 4 is 13.5 Å². The standard InChI is InChI=1S/C22H30NO5P/c1-4-27-29(25,28-5-2)16-10-15-23(19(3)24)26-18-20-11-9-14-22(17-20)21-12-7-6-8-13-21/h6-9,11-14,17H,4-5,10,15-16,18H2,1-3H3. The van der Waals surface area contributed by atoms with Gasteiger partial charge < -0.3 is 9.05 Å². The zero-order valence-corrected chi connectivity index (χ0v) is 18.3. The molecule has 0 unspecified atom stereocenters. The number of hydrogen-bond acceptors (Lipinski definition) is 5. The Balaban J connectivity index is 1.93. The van der Waals surface area contributed by atoms with Crippen molar-refractivity contribution in [1.29, 1.82) is 0 Å². The molecule has 0 bridgehead atoms. The van der Waals surface area contributed by atoms with Crippen molar-refractivity contribution in [2.75, 3.05) is 25.9 Å². The molecule has 0 aromatic heterocycles. The van der Waals surface area contributed by atoms with Crippen molar-refractivity contribution in [2.45, 2.75) is 33.8 Å². The summed E-state index contributed by atoms with van der Waals surface area (Å²) in [6.45, 7) is 6.24. The second kappa shape index (κ2) is 11.9. The third kappa shape index (κ3) is 7.75. The summed E-state index contributed by atoms with van der Waals surface area (Å²) in [7, 11) is -3.12. The molecule has 0 radical (unpaired) electrons. The van der Waals surface area contributed by atoms with Gasteiger partial charge in [0.2, 0.25) is 5.91 Å². The number of carbonyl (C=O) groups excluding carboxylic acids is 1. The third-order valence-electron chi connectivity index (χ3n) is 4.22. The number of benzene rings is 2. The van der Waals surface area contributed by atoms with Crippen LogP contribution < -0.4 is 0 Å². The van der Waals surface area contributed by atoms with Crippen LogP contribution in [0, 0.1) is 0 Å². The molecule has 0 saturated heterocycles. The summed E-state index contributed by atoms with van der Waals surface area (Å²) in [6.07, 6.45) is 0.701. The Morgan fingerprint density at radius 3 is 2.24 bits per heavy atom. The van der Waals surface area contributed by atoms with Crippen molar-refractivity contribution < 1.29 is 23.2 Å². The highest BCUT2D eigenvalue weighted by Gasteiger charge is 2.23. The molecule has 2 aromatic rings. The van der Waals surface area contributed by atoms with Gasteiger partial charge in [-0.1, -0.05) is 48.5 Å². The quantitative estimate of drug-likeness (QED) is 0.345. The summed E-state index contributed by atoms with van der Waals surface area (Å²) < 4.78 is 23.1. The lowest BCUT2D eigenvalue weighted by Gasteiger charge is -2.22. The summed E-state index contributed by atoms with van der Waals surface area (Å²) >= 11 is 0. The molecule has 1 amide bonds. The van der Waals surface area contributed by atoms with E-state index in [9.17, 15) is 9.36 Å². The van der Waals surface area contributed by atoms with Crippen LogP contribution in [0.5, 0.6) is 0 Å². The Bertz CT molecular complexity index is 802. The van der Waals surface area contributed by atoms with Crippen LogP contribution in [0.3, 0.4) is 0 Å². The average Bonchev–Trinajstić information content (AvgIpc) is 2.71. The Morgan fingerprint density at radius 2 is 1.62 bits per heavy atom. The van der Waals surface area contributed by atoms with Gasteiger partial charge in [0, 0.05) is 13.5 Å². The third-order valence-corrected chi connectivity index (χ3v) is 6.38. The van der Waals surface area contributed by atoms with E-state index in [-0.39, 0.29) is 18.7 Å². The second-order valence-electron chi connectivity index (χ2n) is 6.48. The molecule has 0 N–H and O–H groups in total. The Hall–Kier alpha value is -1.98. The first-order valence-electron chi connectivity index (χ1n) is 9.91. The monoisotopic (exact) mass is 419 g/mol. The van der Waals surface area contributed by atoms with E-state index in [1.165, 1.54) is 12.0 Å². The molecule has 158 valence electrons. The van der Waals surface area contributed by atoms with Gasteiger partial charge in [-0.15, -0.1) is 0 Å². The van der Waals surface area contributed by atoms with Gasteiger partial charge in [0.1, 0.15) is 6.61 Å². The topological polar surface area (TPSA) is 65.1 Å². The lowest BCUT2D eigenvalue weighted by molar-refractivity contribution is -0.189. The summed E-state index contributed by atoms with van der Waals surface area (Å²) in [5, 5.41) is 1.30. The molecule has 0 spiro atoms. The predicted octanol–water partition coefficient (Wildman–Crippen LogP) is 5.29. The molecule has 0 saturated carbocycles. The zero-order valence-electron chi connectivity index (χ0n) is 17.4. The largest absolute Gasteiger partial charge is 0.330 e. The Labute approximate surface area is 173 Å². The lowest BCUT2D eigenvalue weighted by atomic mass is 10.0. The Kier molecular flexibility index (Phi) is 9.55. The van der Waals surface area contributed by atoms with Crippen LogP contribution >= 0.6 is 7.60 Å². The van der Waals surface area contributed by atoms with E-state index < -0.39 is 7.60 Å². The number of carbonyl (C=O) groups is 1. The fourth-order valence-electron chi connectivity index (χ4n) is 2.90. The van der Waals surface area contributed by atoms with E-state index in [0.717, 1.165) is 16.7 Å². The molecule has 0 aliphatic carbocycles. The second-order valence-corrected chi connectivity index (χ2v) is 8.67. The summed E-state index contributed by atoms with van der Waals surface area (Å²) in [5.74, 6) is -0.202. The lowest BCUT2D eigenvalue weighted by Crippen LogP contribution is -2.30. The van der Waals surface area contributed by atoms with Gasteiger partial charge in [0.05, 0.1) is 19.4 Å². The number of hydrogen-bond donors (Lipinski definition) is 0. The van der Waals surface area contributed by atoms with Crippen molar-refractivity contribution in [3.63, 3.8) is 0 Å². The van der Waals surface area contributed by atoms with Gasteiger partial charge in [0.15, 0.2) is 0 Å². The summed E-state index contributed by atoms with van der Waals surface area (Å²) in [6, 6.07) is 18.1. The first-order chi connectivity index (χ1) is 14.0. The molecule has 0 heterocycles. The molecule has 0 fully saturated rings. The fourth-order valence-corrected chi connectivity index (χ4v) is 4.55. The van der Waals surface area contributed by atoms with Crippen molar-refractivity contribution in [2.24, 2.45) is 0 Å². The van der Waals surface area contributed by atoms with Crippen LogP contribution in [0.15, 0.2) is 54.6 Å². The average molecular weight is 419 g/mol. The first kappa shape index (κ1) is 23.3. The van der Waals surface area contributed by atoms with Gasteiger partial charge in [0.25, 0.3) is 0 Å². The number of nitrogens with zero attached hydrogens (tertiary/aromatic N) is 1. The van der Waals surface area contributed by atoms with E-state index >= 15 is 0 Å². The van der Waals surface area contributed by atoms with E-state index in [1.54, 1.807) is 13.8 Å². The highest BCUT2D eigenvalue weighted by atomic mass is 31.2. The van der Waals surface area contributed by atoms with Crippen LogP contribution in [0.25, 0.3) is 11.1 Å². The van der Waals surface area contributed by atoms with Crippen molar-refractivity contribution in [1.82, 2.24) is 5.06 Å². The molecule has 2 aromatic carbocycles. The SMILES string of the molecule is CCOP(=O)(CCCN(OCc1cccc(-c2ccccc2)c1)C(C)=O)OCC. The smallest absolute Gasteiger partial charge is 0.309 e. The van der Waals surface area contributed by atoms with E-state index in [0.29, 0.717) is 26.2 Å². The van der Waals surface area contributed by atoms with Crippen LogP contribution in [0.2, 0.25) is 0 Å². The highest BCUT2D eigenvalue weighted by Crippen LogP contribution is 2.48. The minimum Gasteiger partial charge on any atom is -0.309 e. The van der Waals surface area contributed by atoms with E-state index in [4.69, 9.17) is 13.9 Å². The molecule has 6 nitrogen and oxygen atoms in total. The molecular weight excluding hydrogens is 389 g/mol. The molecule has 0 aliphatic heterocycles. The molecular formula is C22H30NO5P. The minimum absolute atomic E-state index is 0.202. The fraction of sp³-hybridized carbons (Fsp3) is 0.409. The van der Waals surface area contributed by atoms with Gasteiger partial charge in [-0.05, 0) is 43.0 Å². The normalized spacial score (nSPS) is 11.4. The molecule has 0 aliphatic rings. The Morgan fingerprint density at radius 1 is 0.966 bits per heavy atom. The number of amides is 1. The van der Waals surface area contributed by atoms with Gasteiger partial charge in [-0.3, -0.25) is 14.2 Å². The van der Waals surface area contributed by atoms with E-state index in [1.807, 2.05) is 42.5 Å². The first-order valence-corrected chi connectivity index (χ1v) is 11.6.